The van der Waals surface area contributed by atoms with Crippen LogP contribution in [-0.2, 0) is 4.79 Å². The first-order chi connectivity index (χ1) is 6.45. The largest absolute Gasteiger partial charge is 0.480 e. The lowest BCUT2D eigenvalue weighted by Gasteiger charge is -2.04. The van der Waals surface area contributed by atoms with Crippen LogP contribution in [0, 0.1) is 0 Å². The predicted octanol–water partition coefficient (Wildman–Crippen LogP) is -3.11. The van der Waals surface area contributed by atoms with Gasteiger partial charge in [0.1, 0.15) is 6.04 Å². The third-order valence-electron chi connectivity index (χ3n) is 1.29. The van der Waals surface area contributed by atoms with Crippen LogP contribution in [-0.4, -0.2) is 52.0 Å². The van der Waals surface area contributed by atoms with E-state index in [0.29, 0.717) is 6.42 Å². The van der Waals surface area contributed by atoms with Crippen LogP contribution in [0.15, 0.2) is 0 Å². The summed E-state index contributed by atoms with van der Waals surface area (Å²) in [6.07, 6.45) is 0.846. The molecule has 0 aromatic carbocycles. The topological polar surface area (TPSA) is 144 Å². The van der Waals surface area contributed by atoms with Gasteiger partial charge in [-0.1, -0.05) is 6.42 Å². The first-order valence-electron chi connectivity index (χ1n) is 4.02. The molecule has 0 spiro atoms. The Morgan fingerprint density at radius 3 is 2.14 bits per heavy atom. The number of carboxylic acid groups (broad SMARTS) is 1. The zero-order chi connectivity index (χ0) is 11.6. The molecule has 7 N–H and O–H groups in total. The lowest BCUT2D eigenvalue weighted by Crippen LogP contribution is -2.30. The standard InChI is InChI=1S/C5H12BNO4.BH3O2/c7-4(5(8)9)2-1-3-6(10)11;2-1-3/h4,10-11H,1-3,7H2,(H,8,9);1-3H/t4-;/m0./s1. The molecule has 82 valence electrons. The maximum absolute atomic E-state index is 10.1. The number of hydrogen-bond donors (Lipinski definition) is 6. The van der Waals surface area contributed by atoms with Gasteiger partial charge in [0.2, 0.25) is 0 Å². The van der Waals surface area contributed by atoms with Crippen LogP contribution in [0.3, 0.4) is 0 Å². The SMILES string of the molecule is N[C@@H](CCCB(O)O)C(=O)O.OBO. The molecule has 0 radical (unpaired) electrons. The highest BCUT2D eigenvalue weighted by Crippen LogP contribution is 2.00. The summed E-state index contributed by atoms with van der Waals surface area (Å²) in [5, 5.41) is 39.3. The summed E-state index contributed by atoms with van der Waals surface area (Å²) in [6, 6.07) is -0.895. The summed E-state index contributed by atoms with van der Waals surface area (Å²) >= 11 is 0. The van der Waals surface area contributed by atoms with Gasteiger partial charge in [-0.2, -0.15) is 0 Å². The van der Waals surface area contributed by atoms with Crippen LogP contribution in [0.5, 0.6) is 0 Å². The molecule has 9 heteroatoms. The van der Waals surface area contributed by atoms with E-state index in [2.05, 4.69) is 0 Å². The van der Waals surface area contributed by atoms with Crippen LogP contribution in [0.1, 0.15) is 12.8 Å². The molecule has 0 aromatic heterocycles. The summed E-state index contributed by atoms with van der Waals surface area (Å²) in [4.78, 5) is 10.1. The molecule has 0 saturated carbocycles. The van der Waals surface area contributed by atoms with E-state index < -0.39 is 26.8 Å². The fraction of sp³-hybridized carbons (Fsp3) is 0.800. The molecular weight excluding hydrogens is 192 g/mol. The predicted molar refractivity (Wildman–Crippen MR) is 51.4 cm³/mol. The minimum absolute atomic E-state index is 0.168. The minimum Gasteiger partial charge on any atom is -0.480 e. The maximum Gasteiger partial charge on any atom is 0.451 e. The van der Waals surface area contributed by atoms with E-state index in [1.165, 1.54) is 0 Å². The monoisotopic (exact) mass is 207 g/mol. The fourth-order valence-corrected chi connectivity index (χ4v) is 0.644. The second kappa shape index (κ2) is 10.5. The van der Waals surface area contributed by atoms with Gasteiger partial charge in [-0.25, -0.2) is 0 Å². The van der Waals surface area contributed by atoms with Crippen molar-refractivity contribution in [3.63, 3.8) is 0 Å². The van der Waals surface area contributed by atoms with Gasteiger partial charge in [-0.3, -0.25) is 4.79 Å². The molecule has 0 bridgehead atoms. The van der Waals surface area contributed by atoms with E-state index in [0.717, 1.165) is 0 Å². The molecule has 0 unspecified atom stereocenters. The highest BCUT2D eigenvalue weighted by molar-refractivity contribution is 6.40. The van der Waals surface area contributed by atoms with Crippen molar-refractivity contribution in [1.82, 2.24) is 0 Å². The Labute approximate surface area is 82.6 Å². The Morgan fingerprint density at radius 2 is 1.86 bits per heavy atom. The van der Waals surface area contributed by atoms with Crippen LogP contribution >= 0.6 is 0 Å². The molecule has 0 rings (SSSR count). The van der Waals surface area contributed by atoms with Gasteiger partial charge < -0.3 is 30.9 Å². The van der Waals surface area contributed by atoms with Crippen LogP contribution in [0.2, 0.25) is 6.32 Å². The van der Waals surface area contributed by atoms with Crippen LogP contribution in [0.4, 0.5) is 0 Å². The highest BCUT2D eigenvalue weighted by Gasteiger charge is 2.12. The van der Waals surface area contributed by atoms with Gasteiger partial charge >= 0.3 is 20.8 Å². The zero-order valence-electron chi connectivity index (χ0n) is 7.70. The summed E-state index contributed by atoms with van der Waals surface area (Å²) in [7, 11) is -2.11. The van der Waals surface area contributed by atoms with E-state index >= 15 is 0 Å². The van der Waals surface area contributed by atoms with Crippen molar-refractivity contribution < 1.29 is 30.0 Å². The van der Waals surface area contributed by atoms with Crippen molar-refractivity contribution in [3.05, 3.63) is 0 Å². The quantitative estimate of drug-likeness (QED) is 0.261. The molecule has 0 aliphatic carbocycles. The van der Waals surface area contributed by atoms with Crippen molar-refractivity contribution in [2.75, 3.05) is 0 Å². The van der Waals surface area contributed by atoms with E-state index in [4.69, 9.17) is 30.9 Å². The second-order valence-electron chi connectivity index (χ2n) is 2.50. The average Bonchev–Trinajstić information content (AvgIpc) is 2.04. The molecule has 0 aliphatic heterocycles. The molecule has 0 aliphatic rings. The Balaban J connectivity index is 0. The molecule has 0 aromatic rings. The van der Waals surface area contributed by atoms with Gasteiger partial charge in [0, 0.05) is 0 Å². The van der Waals surface area contributed by atoms with E-state index in [-0.39, 0.29) is 12.7 Å². The molecule has 1 atom stereocenters. The Bertz CT molecular complexity index is 146. The van der Waals surface area contributed by atoms with Crippen molar-refractivity contribution >= 4 is 20.8 Å². The van der Waals surface area contributed by atoms with Crippen molar-refractivity contribution in [3.8, 4) is 0 Å². The summed E-state index contributed by atoms with van der Waals surface area (Å²) in [5.41, 5.74) is 5.14. The number of rotatable bonds is 5. The Morgan fingerprint density at radius 1 is 1.43 bits per heavy atom. The van der Waals surface area contributed by atoms with E-state index in [9.17, 15) is 4.79 Å². The van der Waals surface area contributed by atoms with Crippen LogP contribution < -0.4 is 5.73 Å². The van der Waals surface area contributed by atoms with E-state index in [1.807, 2.05) is 0 Å². The van der Waals surface area contributed by atoms with Crippen molar-refractivity contribution in [2.45, 2.75) is 25.2 Å². The molecule has 0 saturated heterocycles. The molecule has 0 fully saturated rings. The first kappa shape index (κ1) is 15.9. The van der Waals surface area contributed by atoms with Crippen LogP contribution in [0.25, 0.3) is 0 Å². The lowest BCUT2D eigenvalue weighted by atomic mass is 9.83. The first-order valence-corrected chi connectivity index (χ1v) is 4.02. The average molecular weight is 207 g/mol. The van der Waals surface area contributed by atoms with E-state index in [1.54, 1.807) is 0 Å². The molecular formula is C5H15B2NO6. The normalized spacial score (nSPS) is 10.9. The molecule has 0 heterocycles. The number of carboxylic acids is 1. The molecule has 7 nitrogen and oxygen atoms in total. The van der Waals surface area contributed by atoms with Gasteiger partial charge in [-0.15, -0.1) is 0 Å². The third kappa shape index (κ3) is 14.0. The second-order valence-corrected chi connectivity index (χ2v) is 2.50. The van der Waals surface area contributed by atoms with Crippen molar-refractivity contribution in [2.24, 2.45) is 5.73 Å². The van der Waals surface area contributed by atoms with Crippen molar-refractivity contribution in [1.29, 1.82) is 0 Å². The third-order valence-corrected chi connectivity index (χ3v) is 1.29. The molecule has 0 amide bonds. The Kier molecular flexibility index (Phi) is 11.9. The number of aliphatic carboxylic acids is 1. The summed E-state index contributed by atoms with van der Waals surface area (Å²) in [5.74, 6) is -1.06. The van der Waals surface area contributed by atoms with Gasteiger partial charge in [-0.05, 0) is 12.7 Å². The van der Waals surface area contributed by atoms with Gasteiger partial charge in [0.15, 0.2) is 0 Å². The number of hydrogen-bond acceptors (Lipinski definition) is 6. The zero-order valence-corrected chi connectivity index (χ0v) is 7.70. The summed E-state index contributed by atoms with van der Waals surface area (Å²) in [6.45, 7) is 0. The number of nitrogens with two attached hydrogens (primary N) is 1. The smallest absolute Gasteiger partial charge is 0.451 e. The fourth-order valence-electron chi connectivity index (χ4n) is 0.644. The molecule has 14 heavy (non-hydrogen) atoms. The summed E-state index contributed by atoms with van der Waals surface area (Å²) < 4.78 is 0. The number of carbonyl (C=O) groups is 1. The Hall–Kier alpha value is -0.600. The lowest BCUT2D eigenvalue weighted by molar-refractivity contribution is -0.138. The highest BCUT2D eigenvalue weighted by atomic mass is 16.4. The van der Waals surface area contributed by atoms with Gasteiger partial charge in [0.05, 0.1) is 0 Å². The van der Waals surface area contributed by atoms with Gasteiger partial charge in [0.25, 0.3) is 0 Å². The minimum atomic E-state index is -1.36. The maximum atomic E-state index is 10.1.